The SMILES string of the molecule is C=CCOC12Oc3ccc(OCc4cccc(C)n4)cc3C3C(CCCCO)C(CCCCO)C=C(C(=NOCc4ccccc4)CC1N(Cc1ccc4c(c1)OCO4)C(=O)CCC1CCCC1)C32. The normalized spacial score (nSPS) is 24.0. The Morgan fingerprint density at radius 3 is 2.48 bits per heavy atom. The van der Waals surface area contributed by atoms with Crippen molar-refractivity contribution in [2.24, 2.45) is 28.8 Å². The molecule has 2 N–H and O–H groups in total. The fourth-order valence-electron chi connectivity index (χ4n) is 11.7. The van der Waals surface area contributed by atoms with Crippen LogP contribution >= 0.6 is 0 Å². The lowest BCUT2D eigenvalue weighted by Gasteiger charge is -2.60. The first-order valence-electron chi connectivity index (χ1n) is 25.3. The second-order valence-electron chi connectivity index (χ2n) is 19.5. The molecule has 12 nitrogen and oxygen atoms in total. The molecule has 3 aliphatic carbocycles. The summed E-state index contributed by atoms with van der Waals surface area (Å²) in [6, 6.07) is 27.3. The number of allylic oxidation sites excluding steroid dienone is 1. The summed E-state index contributed by atoms with van der Waals surface area (Å²) in [5, 5.41) is 25.2. The highest BCUT2D eigenvalue weighted by Crippen LogP contribution is 2.62. The van der Waals surface area contributed by atoms with Crippen LogP contribution in [0.2, 0.25) is 0 Å². The molecule has 1 aromatic heterocycles. The number of nitrogens with zero attached hydrogens (tertiary/aromatic N) is 3. The Kier molecular flexibility index (Phi) is 16.0. The zero-order valence-corrected chi connectivity index (χ0v) is 40.1. The molecule has 0 spiro atoms. The lowest BCUT2D eigenvalue weighted by molar-refractivity contribution is -0.258. The zero-order chi connectivity index (χ0) is 47.6. The Labute approximate surface area is 407 Å². The molecule has 3 aromatic carbocycles. The van der Waals surface area contributed by atoms with E-state index >= 15 is 4.79 Å². The largest absolute Gasteiger partial charge is 0.487 e. The van der Waals surface area contributed by atoms with E-state index in [1.54, 1.807) is 6.08 Å². The van der Waals surface area contributed by atoms with Gasteiger partial charge in [0.25, 0.3) is 0 Å². The van der Waals surface area contributed by atoms with Crippen LogP contribution in [0, 0.1) is 30.6 Å². The standard InChI is InChI=1S/C57H69N3O9/c1-3-30-67-57-53(60(54(63)27-23-40-15-7-8-16-40)35-42-22-25-51-52(31-42)66-38-65-51)34-49(59-68-36-41-17-5-4-6-18-41)47-32-43(19-9-11-28-61)46(21-10-12-29-62)55(56(47)57)48-33-45(24-26-50(48)69-57)64-37-44-20-13-14-39(2)58-44/h3-6,13-14,17-18,20,22,24-26,31-33,40,43,46,53,55-56,61-62H,1,7-12,15-16,19,21,23,27-30,34-38H2,2H3. The van der Waals surface area contributed by atoms with Crippen molar-refractivity contribution in [2.45, 2.75) is 128 Å². The second-order valence-corrected chi connectivity index (χ2v) is 19.5. The van der Waals surface area contributed by atoms with Crippen LogP contribution in [0.5, 0.6) is 23.0 Å². The maximum absolute atomic E-state index is 15.4. The number of amides is 1. The molecule has 4 aromatic rings. The Bertz CT molecular complexity index is 2440. The molecule has 366 valence electrons. The molecule has 6 unspecified atom stereocenters. The molecule has 12 heteroatoms. The summed E-state index contributed by atoms with van der Waals surface area (Å²) in [5.74, 6) is 1.36. The van der Waals surface area contributed by atoms with Crippen LogP contribution in [0.1, 0.15) is 117 Å². The number of unbranched alkanes of at least 4 members (excludes halogenated alkanes) is 2. The lowest BCUT2D eigenvalue weighted by Crippen LogP contribution is -2.70. The van der Waals surface area contributed by atoms with E-state index in [0.717, 1.165) is 84.3 Å². The minimum absolute atomic E-state index is 0.0276. The van der Waals surface area contributed by atoms with Gasteiger partial charge in [0.15, 0.2) is 11.5 Å². The van der Waals surface area contributed by atoms with E-state index in [1.807, 2.05) is 90.7 Å². The average molecular weight is 940 g/mol. The molecule has 0 bridgehead atoms. The predicted molar refractivity (Wildman–Crippen MR) is 264 cm³/mol. The number of hydrogen-bond acceptors (Lipinski definition) is 11. The lowest BCUT2D eigenvalue weighted by atomic mass is 9.55. The third-order valence-electron chi connectivity index (χ3n) is 15.0. The minimum atomic E-state index is -1.39. The fraction of sp³-hybridized carbons (Fsp3) is 0.491. The Morgan fingerprint density at radius 2 is 1.68 bits per heavy atom. The highest BCUT2D eigenvalue weighted by Gasteiger charge is 2.65. The van der Waals surface area contributed by atoms with Crippen LogP contribution in [-0.4, -0.2) is 70.2 Å². The predicted octanol–water partition coefficient (Wildman–Crippen LogP) is 10.5. The number of oxime groups is 1. The fourth-order valence-corrected chi connectivity index (χ4v) is 11.7. The number of ether oxygens (including phenoxy) is 5. The molecule has 5 aliphatic rings. The van der Waals surface area contributed by atoms with Gasteiger partial charge in [0.1, 0.15) is 30.8 Å². The van der Waals surface area contributed by atoms with Crippen molar-refractivity contribution in [3.63, 3.8) is 0 Å². The van der Waals surface area contributed by atoms with E-state index in [0.29, 0.717) is 61.2 Å². The molecular weight excluding hydrogens is 871 g/mol. The summed E-state index contributed by atoms with van der Waals surface area (Å²) in [5.41, 5.74) is 6.40. The zero-order valence-electron chi connectivity index (χ0n) is 40.1. The average Bonchev–Trinajstić information content (AvgIpc) is 4.08. The van der Waals surface area contributed by atoms with Crippen molar-refractivity contribution in [2.75, 3.05) is 26.6 Å². The van der Waals surface area contributed by atoms with Gasteiger partial charge in [-0.1, -0.05) is 98.3 Å². The van der Waals surface area contributed by atoms with Crippen molar-refractivity contribution in [3.8, 4) is 23.0 Å². The minimum Gasteiger partial charge on any atom is -0.487 e. The number of carbonyl (C=O) groups is 1. The number of fused-ring (bicyclic) bond motifs is 3. The van der Waals surface area contributed by atoms with E-state index in [1.165, 1.54) is 12.8 Å². The summed E-state index contributed by atoms with van der Waals surface area (Å²) in [7, 11) is 0. The molecule has 6 atom stereocenters. The number of aromatic nitrogens is 1. The number of benzene rings is 3. The van der Waals surface area contributed by atoms with Crippen LogP contribution in [-0.2, 0) is 34.1 Å². The molecule has 2 aliphatic heterocycles. The van der Waals surface area contributed by atoms with E-state index < -0.39 is 17.7 Å². The monoisotopic (exact) mass is 940 g/mol. The summed E-state index contributed by atoms with van der Waals surface area (Å²) in [6.07, 6.45) is 15.0. The third-order valence-corrected chi connectivity index (χ3v) is 15.0. The van der Waals surface area contributed by atoms with Gasteiger partial charge in [0.05, 0.1) is 23.9 Å². The Morgan fingerprint density at radius 1 is 0.884 bits per heavy atom. The highest BCUT2D eigenvalue weighted by atomic mass is 16.7. The molecular formula is C57H69N3O9. The molecule has 9 rings (SSSR count). The van der Waals surface area contributed by atoms with Crippen molar-refractivity contribution in [1.29, 1.82) is 0 Å². The van der Waals surface area contributed by atoms with Gasteiger partial charge in [0.2, 0.25) is 18.5 Å². The van der Waals surface area contributed by atoms with Gasteiger partial charge >= 0.3 is 0 Å². The maximum atomic E-state index is 15.4. The van der Waals surface area contributed by atoms with Gasteiger partial charge in [-0.2, -0.15) is 0 Å². The quantitative estimate of drug-likeness (QED) is 0.0419. The Hall–Kier alpha value is -5.69. The topological polar surface area (TPSA) is 141 Å². The van der Waals surface area contributed by atoms with Crippen LogP contribution in [0.15, 0.2) is 114 Å². The maximum Gasteiger partial charge on any atom is 0.239 e. The van der Waals surface area contributed by atoms with Crippen molar-refractivity contribution >= 4 is 11.6 Å². The van der Waals surface area contributed by atoms with Crippen LogP contribution in [0.3, 0.4) is 0 Å². The molecule has 3 heterocycles. The number of aryl methyl sites for hydroxylation is 1. The van der Waals surface area contributed by atoms with Crippen LogP contribution in [0.25, 0.3) is 0 Å². The van der Waals surface area contributed by atoms with Gasteiger partial charge in [-0.05, 0) is 116 Å². The number of aliphatic hydroxyl groups is 2. The van der Waals surface area contributed by atoms with E-state index in [4.69, 9.17) is 38.7 Å². The van der Waals surface area contributed by atoms with Gasteiger partial charge in [-0.15, -0.1) is 6.58 Å². The second kappa shape index (κ2) is 22.8. The van der Waals surface area contributed by atoms with Gasteiger partial charge in [0, 0.05) is 49.8 Å². The van der Waals surface area contributed by atoms with Crippen molar-refractivity contribution in [1.82, 2.24) is 9.88 Å². The van der Waals surface area contributed by atoms with Crippen molar-refractivity contribution < 1.29 is 43.5 Å². The molecule has 0 saturated heterocycles. The smallest absolute Gasteiger partial charge is 0.239 e. The van der Waals surface area contributed by atoms with Gasteiger partial charge < -0.3 is 43.6 Å². The summed E-state index contributed by atoms with van der Waals surface area (Å²) in [6.45, 7) is 7.49. The summed E-state index contributed by atoms with van der Waals surface area (Å²) < 4.78 is 33.0. The first-order chi connectivity index (χ1) is 33.9. The molecule has 2 fully saturated rings. The summed E-state index contributed by atoms with van der Waals surface area (Å²) >= 11 is 0. The highest BCUT2D eigenvalue weighted by molar-refractivity contribution is 6.03. The van der Waals surface area contributed by atoms with E-state index in [-0.39, 0.29) is 63.4 Å². The molecule has 0 radical (unpaired) electrons. The summed E-state index contributed by atoms with van der Waals surface area (Å²) in [4.78, 5) is 28.5. The number of rotatable bonds is 23. The third kappa shape index (κ3) is 11.0. The first kappa shape index (κ1) is 48.3. The number of hydrogen-bond donors (Lipinski definition) is 2. The van der Waals surface area contributed by atoms with E-state index in [2.05, 4.69) is 18.7 Å². The van der Waals surface area contributed by atoms with Gasteiger partial charge in [-0.25, -0.2) is 0 Å². The molecule has 1 amide bonds. The molecule has 2 saturated carbocycles. The van der Waals surface area contributed by atoms with Crippen LogP contribution in [0.4, 0.5) is 0 Å². The van der Waals surface area contributed by atoms with Gasteiger partial charge in [-0.3, -0.25) is 9.78 Å². The first-order valence-corrected chi connectivity index (χ1v) is 25.3. The Balaban J connectivity index is 1.21. The van der Waals surface area contributed by atoms with Crippen LogP contribution < -0.4 is 18.9 Å². The number of pyridine rings is 1. The van der Waals surface area contributed by atoms with E-state index in [9.17, 15) is 10.2 Å². The number of carbonyl (C=O) groups excluding carboxylic acids is 1. The number of aliphatic hydroxyl groups excluding tert-OH is 2. The van der Waals surface area contributed by atoms with Crippen molar-refractivity contribution in [3.05, 3.63) is 137 Å². The molecule has 69 heavy (non-hydrogen) atoms.